The van der Waals surface area contributed by atoms with Gasteiger partial charge in [0.25, 0.3) is 0 Å². The minimum atomic E-state index is 0.158. The Morgan fingerprint density at radius 2 is 2.00 bits per heavy atom. The fraction of sp³-hybridized carbons (Fsp3) is 0.667. The van der Waals surface area contributed by atoms with E-state index in [9.17, 15) is 5.11 Å². The molecule has 1 aromatic carbocycles. The minimum absolute atomic E-state index is 0.158. The van der Waals surface area contributed by atoms with Gasteiger partial charge in [-0.1, -0.05) is 18.2 Å². The van der Waals surface area contributed by atoms with Crippen molar-refractivity contribution < 1.29 is 9.84 Å². The second kappa shape index (κ2) is 7.44. The highest BCUT2D eigenvalue weighted by atomic mass is 16.5. The van der Waals surface area contributed by atoms with E-state index in [4.69, 9.17) is 4.74 Å². The molecule has 2 aliphatic heterocycles. The van der Waals surface area contributed by atoms with Crippen LogP contribution in [0, 0.1) is 5.41 Å². The zero-order chi connectivity index (χ0) is 15.3. The first kappa shape index (κ1) is 15.8. The first-order valence-electron chi connectivity index (χ1n) is 8.53. The number of hydrogen-bond acceptors (Lipinski definition) is 4. The van der Waals surface area contributed by atoms with E-state index in [1.807, 2.05) is 0 Å². The molecule has 0 bridgehead atoms. The van der Waals surface area contributed by atoms with Crippen LogP contribution >= 0.6 is 0 Å². The Labute approximate surface area is 133 Å². The number of piperidine rings is 1. The number of nitrogens with zero attached hydrogens (tertiary/aromatic N) is 1. The molecule has 0 saturated carbocycles. The van der Waals surface area contributed by atoms with Crippen LogP contribution in [0.1, 0.15) is 25.7 Å². The van der Waals surface area contributed by atoms with Crippen LogP contribution in [0.3, 0.4) is 0 Å². The van der Waals surface area contributed by atoms with Crippen LogP contribution in [-0.2, 0) is 4.74 Å². The number of nitrogens with one attached hydrogen (secondary N) is 1. The van der Waals surface area contributed by atoms with Gasteiger partial charge in [0.05, 0.1) is 6.61 Å². The quantitative estimate of drug-likeness (QED) is 0.844. The molecule has 2 fully saturated rings. The Kier molecular flexibility index (Phi) is 5.34. The summed E-state index contributed by atoms with van der Waals surface area (Å²) in [5.41, 5.74) is 1.49. The van der Waals surface area contributed by atoms with Crippen LogP contribution in [0.5, 0.6) is 0 Å². The third-order valence-corrected chi connectivity index (χ3v) is 5.21. The van der Waals surface area contributed by atoms with Gasteiger partial charge in [0.1, 0.15) is 0 Å². The molecule has 2 heterocycles. The summed E-state index contributed by atoms with van der Waals surface area (Å²) in [6.45, 7) is 5.11. The molecule has 4 nitrogen and oxygen atoms in total. The van der Waals surface area contributed by atoms with Crippen molar-refractivity contribution in [3.05, 3.63) is 30.3 Å². The maximum absolute atomic E-state index is 9.30. The highest BCUT2D eigenvalue weighted by Crippen LogP contribution is 2.32. The van der Waals surface area contributed by atoms with Crippen molar-refractivity contribution in [1.29, 1.82) is 0 Å². The highest BCUT2D eigenvalue weighted by molar-refractivity contribution is 5.46. The standard InChI is InChI=1S/C18H28N2O2/c21-12-8-18(9-13-22-15-18)14-19-16-6-10-20(11-7-16)17-4-2-1-3-5-17/h1-5,16,19,21H,6-15H2. The summed E-state index contributed by atoms with van der Waals surface area (Å²) in [5, 5.41) is 13.0. The predicted molar refractivity (Wildman–Crippen MR) is 89.3 cm³/mol. The fourth-order valence-electron chi connectivity index (χ4n) is 3.65. The van der Waals surface area contributed by atoms with Crippen LogP contribution < -0.4 is 10.2 Å². The maximum Gasteiger partial charge on any atom is 0.0536 e. The summed E-state index contributed by atoms with van der Waals surface area (Å²) in [4.78, 5) is 2.47. The SMILES string of the molecule is OCCC1(CNC2CCN(c3ccccc3)CC2)CCOC1. The van der Waals surface area contributed by atoms with E-state index in [0.717, 1.165) is 45.7 Å². The number of aliphatic hydroxyl groups excluding tert-OH is 1. The molecule has 0 spiro atoms. The van der Waals surface area contributed by atoms with Gasteiger partial charge in [0, 0.05) is 50.0 Å². The lowest BCUT2D eigenvalue weighted by molar-refractivity contribution is 0.121. The van der Waals surface area contributed by atoms with Crippen molar-refractivity contribution in [2.45, 2.75) is 31.7 Å². The molecule has 0 radical (unpaired) electrons. The van der Waals surface area contributed by atoms with Gasteiger partial charge in [-0.3, -0.25) is 0 Å². The fourth-order valence-corrected chi connectivity index (χ4v) is 3.65. The maximum atomic E-state index is 9.30. The van der Waals surface area contributed by atoms with Crippen LogP contribution in [-0.4, -0.2) is 50.6 Å². The van der Waals surface area contributed by atoms with Crippen molar-refractivity contribution in [3.8, 4) is 0 Å². The Morgan fingerprint density at radius 3 is 2.64 bits per heavy atom. The number of anilines is 1. The molecular weight excluding hydrogens is 276 g/mol. The average Bonchev–Trinajstić information content (AvgIpc) is 3.04. The van der Waals surface area contributed by atoms with Crippen molar-refractivity contribution in [2.24, 2.45) is 5.41 Å². The molecule has 0 amide bonds. The first-order chi connectivity index (χ1) is 10.8. The average molecular weight is 304 g/mol. The summed E-state index contributed by atoms with van der Waals surface area (Å²) >= 11 is 0. The van der Waals surface area contributed by atoms with Gasteiger partial charge in [0.2, 0.25) is 0 Å². The monoisotopic (exact) mass is 304 g/mol. The Bertz CT molecular complexity index is 438. The van der Waals surface area contributed by atoms with E-state index in [0.29, 0.717) is 6.04 Å². The number of aliphatic hydroxyl groups is 1. The van der Waals surface area contributed by atoms with Crippen molar-refractivity contribution in [2.75, 3.05) is 44.4 Å². The molecule has 0 aromatic heterocycles. The largest absolute Gasteiger partial charge is 0.396 e. The molecule has 122 valence electrons. The van der Waals surface area contributed by atoms with Crippen molar-refractivity contribution in [3.63, 3.8) is 0 Å². The van der Waals surface area contributed by atoms with Crippen LogP contribution in [0.4, 0.5) is 5.69 Å². The number of hydrogen-bond donors (Lipinski definition) is 2. The summed E-state index contributed by atoms with van der Waals surface area (Å²) in [6.07, 6.45) is 4.29. The lowest BCUT2D eigenvalue weighted by Crippen LogP contribution is -2.46. The topological polar surface area (TPSA) is 44.7 Å². The normalized spacial score (nSPS) is 26.5. The molecule has 3 rings (SSSR count). The molecule has 2 saturated heterocycles. The molecule has 22 heavy (non-hydrogen) atoms. The molecule has 2 aliphatic rings. The second-order valence-electron chi connectivity index (χ2n) is 6.75. The molecule has 1 atom stereocenters. The zero-order valence-corrected chi connectivity index (χ0v) is 13.3. The summed E-state index contributed by atoms with van der Waals surface area (Å²) < 4.78 is 5.57. The molecule has 0 aliphatic carbocycles. The van der Waals surface area contributed by atoms with Gasteiger partial charge < -0.3 is 20.1 Å². The highest BCUT2D eigenvalue weighted by Gasteiger charge is 2.35. The summed E-state index contributed by atoms with van der Waals surface area (Å²) in [6, 6.07) is 11.3. The third-order valence-electron chi connectivity index (χ3n) is 5.21. The van der Waals surface area contributed by atoms with Gasteiger partial charge in [-0.25, -0.2) is 0 Å². The van der Waals surface area contributed by atoms with Crippen molar-refractivity contribution >= 4 is 5.69 Å². The van der Waals surface area contributed by atoms with E-state index in [-0.39, 0.29) is 12.0 Å². The van der Waals surface area contributed by atoms with Gasteiger partial charge >= 0.3 is 0 Å². The Hall–Kier alpha value is -1.10. The number of para-hydroxylation sites is 1. The van der Waals surface area contributed by atoms with E-state index in [1.165, 1.54) is 18.5 Å². The van der Waals surface area contributed by atoms with E-state index in [2.05, 4.69) is 40.5 Å². The third kappa shape index (κ3) is 3.80. The van der Waals surface area contributed by atoms with Crippen molar-refractivity contribution in [1.82, 2.24) is 5.32 Å². The number of rotatable bonds is 6. The number of ether oxygens (including phenoxy) is 1. The van der Waals surface area contributed by atoms with E-state index >= 15 is 0 Å². The van der Waals surface area contributed by atoms with Crippen LogP contribution in [0.25, 0.3) is 0 Å². The lowest BCUT2D eigenvalue weighted by Gasteiger charge is -2.36. The summed E-state index contributed by atoms with van der Waals surface area (Å²) in [7, 11) is 0. The molecule has 4 heteroatoms. The first-order valence-corrected chi connectivity index (χ1v) is 8.53. The van der Waals surface area contributed by atoms with Crippen LogP contribution in [0.15, 0.2) is 30.3 Å². The molecule has 1 aromatic rings. The minimum Gasteiger partial charge on any atom is -0.396 e. The number of benzene rings is 1. The smallest absolute Gasteiger partial charge is 0.0536 e. The van der Waals surface area contributed by atoms with Gasteiger partial charge in [-0.15, -0.1) is 0 Å². The lowest BCUT2D eigenvalue weighted by atomic mass is 9.83. The zero-order valence-electron chi connectivity index (χ0n) is 13.3. The molecule has 1 unspecified atom stereocenters. The van der Waals surface area contributed by atoms with E-state index < -0.39 is 0 Å². The van der Waals surface area contributed by atoms with Gasteiger partial charge in [-0.2, -0.15) is 0 Å². The Balaban J connectivity index is 1.46. The molecular formula is C18H28N2O2. The van der Waals surface area contributed by atoms with Gasteiger partial charge in [0.15, 0.2) is 0 Å². The predicted octanol–water partition coefficient (Wildman–Crippen LogP) is 2.03. The Morgan fingerprint density at radius 1 is 1.23 bits per heavy atom. The van der Waals surface area contributed by atoms with Gasteiger partial charge in [-0.05, 0) is 37.8 Å². The molecule has 2 N–H and O–H groups in total. The summed E-state index contributed by atoms with van der Waals surface area (Å²) in [5.74, 6) is 0. The van der Waals surface area contributed by atoms with Crippen LogP contribution in [0.2, 0.25) is 0 Å². The van der Waals surface area contributed by atoms with E-state index in [1.54, 1.807) is 0 Å². The second-order valence-corrected chi connectivity index (χ2v) is 6.75.